The van der Waals surface area contributed by atoms with E-state index in [0.29, 0.717) is 11.8 Å². The fourth-order valence-corrected chi connectivity index (χ4v) is 2.54. The van der Waals surface area contributed by atoms with Gasteiger partial charge >= 0.3 is 0 Å². The Hall–Kier alpha value is -3.50. The third-order valence-electron chi connectivity index (χ3n) is 3.71. The molecular formula is C19H14FN3O3. The number of nitrogens with two attached hydrogens (primary N) is 1. The van der Waals surface area contributed by atoms with Gasteiger partial charge in [0.05, 0.1) is 0 Å². The zero-order chi connectivity index (χ0) is 18.7. The highest BCUT2D eigenvalue weighted by atomic mass is 19.1. The van der Waals surface area contributed by atoms with E-state index in [9.17, 15) is 14.3 Å². The van der Waals surface area contributed by atoms with Gasteiger partial charge in [-0.05, 0) is 41.7 Å². The largest absolute Gasteiger partial charge is 0.504 e. The molecule has 1 aromatic carbocycles. The van der Waals surface area contributed by atoms with E-state index in [0.717, 1.165) is 11.1 Å². The van der Waals surface area contributed by atoms with Gasteiger partial charge < -0.3 is 15.9 Å². The van der Waals surface area contributed by atoms with Gasteiger partial charge in [-0.15, -0.1) is 0 Å². The van der Waals surface area contributed by atoms with Crippen molar-refractivity contribution in [3.8, 4) is 17.6 Å². The van der Waals surface area contributed by atoms with E-state index in [4.69, 9.17) is 10.8 Å². The molecule has 7 heteroatoms. The standard InChI is InChI=1S/C19H14FN3O3/c20-13-5-3-11(4-6-13)8-12-9-14-15(2-1-7-24)23-17(19(21)26)18(25)16(14)22-10-12/h3-6,9-10,24-25H,7-8H2,(H2,21,26). The Balaban J connectivity index is 2.13. The molecule has 0 atom stereocenters. The van der Waals surface area contributed by atoms with Gasteiger partial charge in [0.25, 0.3) is 5.91 Å². The molecule has 3 aromatic rings. The molecule has 2 heterocycles. The Bertz CT molecular complexity index is 1050. The molecule has 0 aliphatic carbocycles. The first-order valence-corrected chi connectivity index (χ1v) is 7.65. The molecule has 0 aliphatic heterocycles. The van der Waals surface area contributed by atoms with Crippen LogP contribution in [-0.2, 0) is 6.42 Å². The Kier molecular flexibility index (Phi) is 4.78. The maximum absolute atomic E-state index is 13.0. The number of primary amides is 1. The van der Waals surface area contributed by atoms with Gasteiger partial charge in [0, 0.05) is 11.6 Å². The average molecular weight is 351 g/mol. The molecule has 0 aliphatic rings. The predicted molar refractivity (Wildman–Crippen MR) is 92.9 cm³/mol. The normalized spacial score (nSPS) is 10.4. The summed E-state index contributed by atoms with van der Waals surface area (Å²) in [6.07, 6.45) is 2.02. The van der Waals surface area contributed by atoms with E-state index in [1.165, 1.54) is 12.1 Å². The number of aliphatic hydroxyl groups is 1. The molecular weight excluding hydrogens is 337 g/mol. The summed E-state index contributed by atoms with van der Waals surface area (Å²) in [5.74, 6) is 3.45. The van der Waals surface area contributed by atoms with Gasteiger partial charge in [-0.25, -0.2) is 9.37 Å². The molecule has 0 saturated carbocycles. The zero-order valence-corrected chi connectivity index (χ0v) is 13.5. The number of pyridine rings is 2. The lowest BCUT2D eigenvalue weighted by Gasteiger charge is -2.09. The van der Waals surface area contributed by atoms with Crippen LogP contribution in [0.4, 0.5) is 4.39 Å². The molecule has 130 valence electrons. The summed E-state index contributed by atoms with van der Waals surface area (Å²) in [6.45, 7) is -0.390. The smallest absolute Gasteiger partial charge is 0.271 e. The summed E-state index contributed by atoms with van der Waals surface area (Å²) < 4.78 is 13.0. The zero-order valence-electron chi connectivity index (χ0n) is 13.5. The first-order valence-electron chi connectivity index (χ1n) is 7.65. The molecule has 0 unspecified atom stereocenters. The van der Waals surface area contributed by atoms with Crippen molar-refractivity contribution in [3.63, 3.8) is 0 Å². The highest BCUT2D eigenvalue weighted by molar-refractivity contribution is 6.01. The Labute approximate surface area is 148 Å². The molecule has 0 radical (unpaired) electrons. The summed E-state index contributed by atoms with van der Waals surface area (Å²) in [7, 11) is 0. The van der Waals surface area contributed by atoms with Crippen LogP contribution >= 0.6 is 0 Å². The minimum atomic E-state index is -0.909. The summed E-state index contributed by atoms with van der Waals surface area (Å²) in [5.41, 5.74) is 6.87. The molecule has 26 heavy (non-hydrogen) atoms. The average Bonchev–Trinajstić information content (AvgIpc) is 2.63. The number of hydrogen-bond donors (Lipinski definition) is 3. The lowest BCUT2D eigenvalue weighted by atomic mass is 10.0. The molecule has 2 aromatic heterocycles. The van der Waals surface area contributed by atoms with Crippen molar-refractivity contribution in [2.75, 3.05) is 6.61 Å². The number of halogens is 1. The van der Waals surface area contributed by atoms with Crippen molar-refractivity contribution in [1.29, 1.82) is 0 Å². The van der Waals surface area contributed by atoms with Crippen LogP contribution in [0.15, 0.2) is 36.5 Å². The van der Waals surface area contributed by atoms with Crippen LogP contribution in [0.3, 0.4) is 0 Å². The van der Waals surface area contributed by atoms with Crippen molar-refractivity contribution in [3.05, 3.63) is 64.9 Å². The van der Waals surface area contributed by atoms with Crippen molar-refractivity contribution in [2.24, 2.45) is 5.73 Å². The third-order valence-corrected chi connectivity index (χ3v) is 3.71. The van der Waals surface area contributed by atoms with Crippen molar-refractivity contribution < 1.29 is 19.4 Å². The fourth-order valence-electron chi connectivity index (χ4n) is 2.54. The number of aromatic hydroxyl groups is 1. The van der Waals surface area contributed by atoms with E-state index >= 15 is 0 Å². The number of aliphatic hydroxyl groups excluding tert-OH is 1. The van der Waals surface area contributed by atoms with Crippen LogP contribution in [-0.4, -0.2) is 32.7 Å². The number of aromatic nitrogens is 2. The Morgan fingerprint density at radius 2 is 1.96 bits per heavy atom. The molecule has 0 bridgehead atoms. The SMILES string of the molecule is NC(=O)c1nc(C#CCO)c2cc(Cc3ccc(F)cc3)cnc2c1O. The third kappa shape index (κ3) is 3.45. The summed E-state index contributed by atoms with van der Waals surface area (Å²) in [6, 6.07) is 7.80. The van der Waals surface area contributed by atoms with Crippen molar-refractivity contribution in [1.82, 2.24) is 9.97 Å². The van der Waals surface area contributed by atoms with E-state index < -0.39 is 18.3 Å². The molecule has 1 amide bonds. The van der Waals surface area contributed by atoms with E-state index in [-0.39, 0.29) is 22.7 Å². The molecule has 6 nitrogen and oxygen atoms in total. The topological polar surface area (TPSA) is 109 Å². The van der Waals surface area contributed by atoms with Gasteiger partial charge in [-0.3, -0.25) is 9.78 Å². The number of carbonyl (C=O) groups is 1. The number of fused-ring (bicyclic) bond motifs is 1. The van der Waals surface area contributed by atoms with Crippen molar-refractivity contribution >= 4 is 16.8 Å². The molecule has 0 saturated heterocycles. The molecule has 4 N–H and O–H groups in total. The van der Waals surface area contributed by atoms with Crippen LogP contribution in [0.5, 0.6) is 5.75 Å². The minimum Gasteiger partial charge on any atom is -0.504 e. The van der Waals surface area contributed by atoms with E-state index in [1.807, 2.05) is 0 Å². The lowest BCUT2D eigenvalue weighted by Crippen LogP contribution is -2.14. The van der Waals surface area contributed by atoms with Crippen molar-refractivity contribution in [2.45, 2.75) is 6.42 Å². The number of amides is 1. The Morgan fingerprint density at radius 3 is 2.62 bits per heavy atom. The maximum Gasteiger partial charge on any atom is 0.271 e. The number of benzene rings is 1. The maximum atomic E-state index is 13.0. The van der Waals surface area contributed by atoms with Crippen LogP contribution < -0.4 is 5.73 Å². The van der Waals surface area contributed by atoms with Crippen LogP contribution in [0.1, 0.15) is 27.3 Å². The lowest BCUT2D eigenvalue weighted by molar-refractivity contribution is 0.0993. The molecule has 3 rings (SSSR count). The number of rotatable bonds is 3. The van der Waals surface area contributed by atoms with Gasteiger partial charge in [0.2, 0.25) is 0 Å². The predicted octanol–water partition coefficient (Wildman–Crippen LogP) is 1.51. The highest BCUT2D eigenvalue weighted by Crippen LogP contribution is 2.28. The number of nitrogens with zero attached hydrogens (tertiary/aromatic N) is 2. The second kappa shape index (κ2) is 7.17. The van der Waals surface area contributed by atoms with Gasteiger partial charge in [0.15, 0.2) is 11.4 Å². The minimum absolute atomic E-state index is 0.138. The summed E-state index contributed by atoms with van der Waals surface area (Å²) in [5, 5.41) is 19.6. The quantitative estimate of drug-likeness (QED) is 0.620. The highest BCUT2D eigenvalue weighted by Gasteiger charge is 2.18. The van der Waals surface area contributed by atoms with Crippen LogP contribution in [0.2, 0.25) is 0 Å². The first kappa shape index (κ1) is 17.3. The Morgan fingerprint density at radius 1 is 1.23 bits per heavy atom. The monoisotopic (exact) mass is 351 g/mol. The van der Waals surface area contributed by atoms with Gasteiger partial charge in [-0.2, -0.15) is 0 Å². The molecule has 0 fully saturated rings. The van der Waals surface area contributed by atoms with E-state index in [1.54, 1.807) is 24.4 Å². The number of hydrogen-bond acceptors (Lipinski definition) is 5. The van der Waals surface area contributed by atoms with Gasteiger partial charge in [0.1, 0.15) is 23.6 Å². The van der Waals surface area contributed by atoms with Gasteiger partial charge in [-0.1, -0.05) is 18.1 Å². The van der Waals surface area contributed by atoms with Crippen LogP contribution in [0, 0.1) is 17.7 Å². The second-order valence-electron chi connectivity index (χ2n) is 5.52. The molecule has 0 spiro atoms. The van der Waals surface area contributed by atoms with E-state index in [2.05, 4.69) is 21.8 Å². The van der Waals surface area contributed by atoms with Crippen LogP contribution in [0.25, 0.3) is 10.9 Å². The summed E-state index contributed by atoms with van der Waals surface area (Å²) in [4.78, 5) is 19.7. The first-order chi connectivity index (χ1) is 12.5. The summed E-state index contributed by atoms with van der Waals surface area (Å²) >= 11 is 0. The number of carbonyl (C=O) groups excluding carboxylic acids is 1. The second-order valence-corrected chi connectivity index (χ2v) is 5.52. The fraction of sp³-hybridized carbons (Fsp3) is 0.105.